The SMILES string of the molecule is CCn1nnc2c(C)c(C(CC(=O)O)c3ccc4c(c3)CN(C(=O)[C@@H](OC)c3ccccc3)CC4)ccc21.CCn1nnc2c(C)c(C(CC(=O)OC)c3ccc4c(c3)CNCC4)ccc21.CO[C@H](C(=O)O)c1ccccc1. The number of fused-ring (bicyclic) bond motifs is 4. The van der Waals surface area contributed by atoms with Gasteiger partial charge in [0.1, 0.15) is 11.0 Å². The molecule has 2 unspecified atom stereocenters. The van der Waals surface area contributed by atoms with E-state index in [1.54, 1.807) is 31.4 Å². The van der Waals surface area contributed by atoms with E-state index in [4.69, 9.17) is 19.3 Å². The van der Waals surface area contributed by atoms with Crippen LogP contribution < -0.4 is 5.32 Å². The molecule has 8 aromatic rings. The van der Waals surface area contributed by atoms with E-state index in [-0.39, 0.29) is 30.1 Å². The highest BCUT2D eigenvalue weighted by atomic mass is 16.5. The first-order valence-electron chi connectivity index (χ1n) is 26.3. The van der Waals surface area contributed by atoms with Crippen molar-refractivity contribution < 1.29 is 43.6 Å². The number of aromatic nitrogens is 6. The highest BCUT2D eigenvalue weighted by Gasteiger charge is 2.31. The van der Waals surface area contributed by atoms with Gasteiger partial charge in [-0.3, -0.25) is 14.4 Å². The summed E-state index contributed by atoms with van der Waals surface area (Å²) in [6, 6.07) is 39.3. The highest BCUT2D eigenvalue weighted by Crippen LogP contribution is 2.37. The second-order valence-electron chi connectivity index (χ2n) is 19.5. The molecule has 2 aromatic heterocycles. The summed E-state index contributed by atoms with van der Waals surface area (Å²) >= 11 is 0. The first kappa shape index (κ1) is 56.1. The monoisotopic (exact) mass is 1060 g/mol. The van der Waals surface area contributed by atoms with Crippen LogP contribution in [0.3, 0.4) is 0 Å². The molecule has 4 atom stereocenters. The average molecular weight is 1060 g/mol. The smallest absolute Gasteiger partial charge is 0.337 e. The predicted octanol–water partition coefficient (Wildman–Crippen LogP) is 9.20. The third-order valence-electron chi connectivity index (χ3n) is 14.9. The molecule has 10 rings (SSSR count). The number of rotatable bonds is 16. The molecule has 17 heteroatoms. The number of hydrogen-bond donors (Lipinski definition) is 3. The van der Waals surface area contributed by atoms with Crippen LogP contribution in [0.25, 0.3) is 22.1 Å². The number of nitrogens with zero attached hydrogens (tertiary/aromatic N) is 7. The summed E-state index contributed by atoms with van der Waals surface area (Å²) in [6.07, 6.45) is 0.522. The first-order valence-corrected chi connectivity index (χ1v) is 26.3. The van der Waals surface area contributed by atoms with Crippen LogP contribution in [0.1, 0.15) is 117 Å². The predicted molar refractivity (Wildman–Crippen MR) is 296 cm³/mol. The minimum Gasteiger partial charge on any atom is -0.481 e. The van der Waals surface area contributed by atoms with Gasteiger partial charge < -0.3 is 34.6 Å². The largest absolute Gasteiger partial charge is 0.481 e. The van der Waals surface area contributed by atoms with Gasteiger partial charge in [-0.1, -0.05) is 120 Å². The Hall–Kier alpha value is -8.12. The van der Waals surface area contributed by atoms with Gasteiger partial charge in [-0.25, -0.2) is 14.2 Å². The first-order chi connectivity index (χ1) is 37.8. The van der Waals surface area contributed by atoms with Gasteiger partial charge in [0, 0.05) is 58.8 Å². The topological polar surface area (TPSA) is 213 Å². The van der Waals surface area contributed by atoms with Crippen molar-refractivity contribution in [1.29, 1.82) is 0 Å². The van der Waals surface area contributed by atoms with Gasteiger partial charge in [-0.2, -0.15) is 0 Å². The Balaban J connectivity index is 0.000000175. The molecule has 0 spiro atoms. The molecule has 0 bridgehead atoms. The quantitative estimate of drug-likeness (QED) is 0.0770. The molecule has 78 heavy (non-hydrogen) atoms. The molecular weight excluding hydrogens is 989 g/mol. The summed E-state index contributed by atoms with van der Waals surface area (Å²) in [5.41, 5.74) is 16.1. The summed E-state index contributed by atoms with van der Waals surface area (Å²) < 4.78 is 19.1. The molecule has 0 saturated heterocycles. The lowest BCUT2D eigenvalue weighted by Crippen LogP contribution is -2.39. The minimum absolute atomic E-state index is 0.0462. The van der Waals surface area contributed by atoms with Crippen molar-refractivity contribution in [3.63, 3.8) is 0 Å². The van der Waals surface area contributed by atoms with E-state index in [2.05, 4.69) is 82.3 Å². The molecular formula is C61H68N8O9. The van der Waals surface area contributed by atoms with Crippen LogP contribution in [0.15, 0.2) is 121 Å². The maximum atomic E-state index is 13.4. The van der Waals surface area contributed by atoms with Gasteiger partial charge in [-0.05, 0) is 126 Å². The van der Waals surface area contributed by atoms with Crippen molar-refractivity contribution >= 4 is 45.9 Å². The molecule has 2 aliphatic rings. The normalized spacial score (nSPS) is 14.4. The van der Waals surface area contributed by atoms with E-state index in [0.29, 0.717) is 31.6 Å². The van der Waals surface area contributed by atoms with E-state index in [1.165, 1.54) is 30.9 Å². The zero-order chi connectivity index (χ0) is 55.5. The lowest BCUT2D eigenvalue weighted by atomic mass is 9.83. The number of aliphatic carboxylic acids is 2. The lowest BCUT2D eigenvalue weighted by Gasteiger charge is -2.32. The number of aryl methyl sites for hydroxylation is 4. The Morgan fingerprint density at radius 3 is 1.62 bits per heavy atom. The molecule has 3 N–H and O–H groups in total. The third kappa shape index (κ3) is 12.5. The minimum atomic E-state index is -0.969. The van der Waals surface area contributed by atoms with Crippen molar-refractivity contribution in [3.05, 3.63) is 188 Å². The number of esters is 1. The number of hydrogen-bond acceptors (Lipinski definition) is 12. The van der Waals surface area contributed by atoms with Gasteiger partial charge in [0.25, 0.3) is 5.91 Å². The molecule has 6 aromatic carbocycles. The summed E-state index contributed by atoms with van der Waals surface area (Å²) in [5.74, 6) is -2.54. The van der Waals surface area contributed by atoms with Crippen molar-refractivity contribution in [3.8, 4) is 0 Å². The van der Waals surface area contributed by atoms with Crippen molar-refractivity contribution in [2.75, 3.05) is 34.4 Å². The molecule has 0 saturated carbocycles. The zero-order valence-corrected chi connectivity index (χ0v) is 45.3. The van der Waals surface area contributed by atoms with Crippen LogP contribution in [0, 0.1) is 13.8 Å². The summed E-state index contributed by atoms with van der Waals surface area (Å²) in [7, 11) is 4.38. The van der Waals surface area contributed by atoms with Crippen LogP contribution in [0.5, 0.6) is 0 Å². The van der Waals surface area contributed by atoms with Gasteiger partial charge in [0.05, 0.1) is 31.0 Å². The molecule has 0 radical (unpaired) electrons. The van der Waals surface area contributed by atoms with Crippen LogP contribution in [0.4, 0.5) is 0 Å². The number of amides is 1. The Kier molecular flexibility index (Phi) is 18.6. The maximum Gasteiger partial charge on any atom is 0.337 e. The molecule has 4 heterocycles. The van der Waals surface area contributed by atoms with Crippen molar-refractivity contribution in [2.45, 2.75) is 104 Å². The van der Waals surface area contributed by atoms with Crippen LogP contribution in [0.2, 0.25) is 0 Å². The Morgan fingerprint density at radius 2 is 1.12 bits per heavy atom. The molecule has 2 aliphatic heterocycles. The third-order valence-corrected chi connectivity index (χ3v) is 14.9. The highest BCUT2D eigenvalue weighted by molar-refractivity contribution is 5.83. The molecule has 17 nitrogen and oxygen atoms in total. The zero-order valence-electron chi connectivity index (χ0n) is 45.3. The van der Waals surface area contributed by atoms with E-state index in [0.717, 1.165) is 99.1 Å². The number of carboxylic acid groups (broad SMARTS) is 2. The number of ether oxygens (including phenoxy) is 3. The Labute approximate surface area is 454 Å². The maximum absolute atomic E-state index is 13.4. The fourth-order valence-corrected chi connectivity index (χ4v) is 10.7. The fourth-order valence-electron chi connectivity index (χ4n) is 10.7. The van der Waals surface area contributed by atoms with E-state index >= 15 is 0 Å². The Bertz CT molecular complexity index is 3400. The van der Waals surface area contributed by atoms with E-state index < -0.39 is 24.1 Å². The number of nitrogens with one attached hydrogen (secondary N) is 1. The van der Waals surface area contributed by atoms with Gasteiger partial charge in [-0.15, -0.1) is 10.2 Å². The number of benzene rings is 6. The summed E-state index contributed by atoms with van der Waals surface area (Å²) in [4.78, 5) is 50.0. The fraction of sp³-hybridized carbons (Fsp3) is 0.344. The molecule has 0 fully saturated rings. The van der Waals surface area contributed by atoms with E-state index in [1.807, 2.05) is 82.7 Å². The number of methoxy groups -OCH3 is 3. The number of carbonyl (C=O) groups excluding carboxylic acids is 2. The lowest BCUT2D eigenvalue weighted by molar-refractivity contribution is -0.149. The number of carboxylic acids is 2. The van der Waals surface area contributed by atoms with Gasteiger partial charge in [0.2, 0.25) is 0 Å². The molecule has 406 valence electrons. The van der Waals surface area contributed by atoms with Crippen LogP contribution in [-0.2, 0) is 72.4 Å². The molecule has 1 amide bonds. The van der Waals surface area contributed by atoms with Crippen LogP contribution >= 0.6 is 0 Å². The molecule has 0 aliphatic carbocycles. The van der Waals surface area contributed by atoms with Crippen LogP contribution in [-0.4, -0.2) is 103 Å². The summed E-state index contributed by atoms with van der Waals surface area (Å²) in [5, 5.41) is 39.2. The van der Waals surface area contributed by atoms with Crippen molar-refractivity contribution in [2.24, 2.45) is 0 Å². The average Bonchev–Trinajstić information content (AvgIpc) is 4.12. The Morgan fingerprint density at radius 1 is 0.603 bits per heavy atom. The second-order valence-corrected chi connectivity index (χ2v) is 19.5. The van der Waals surface area contributed by atoms with E-state index in [9.17, 15) is 24.3 Å². The van der Waals surface area contributed by atoms with Crippen molar-refractivity contribution in [1.82, 2.24) is 40.2 Å². The standard InChI is InChI=1S/C30H32N4O4.C22H26N4O2.C9H10O3/c1-4-34-26-13-12-24(19(2)28(26)31-32-34)25(17-27(35)36)22-11-10-20-14-15-33(18-23(20)16-22)30(37)29(38-3)21-8-6-5-7-9-21;1-4-26-20-8-7-18(14(2)22(20)24-25-26)19(12-21(27)28-3)16-6-5-15-9-10-23-13-17(15)11-16;1-12-8(9(10)11)7-5-3-2-4-6-7/h5-13,16,25,29H,4,14-15,17-18H2,1-3H3,(H,35,36);5-8,11,19,23H,4,9-10,12-13H2,1-3H3;2-6,8H,1H3,(H,10,11)/t25?,29-;;8-/m0.0/s1. The summed E-state index contributed by atoms with van der Waals surface area (Å²) in [6.45, 7) is 12.6. The van der Waals surface area contributed by atoms with Gasteiger partial charge >= 0.3 is 17.9 Å². The number of carbonyl (C=O) groups is 4. The van der Waals surface area contributed by atoms with Gasteiger partial charge in [0.15, 0.2) is 12.2 Å². The second kappa shape index (κ2) is 25.8.